The van der Waals surface area contributed by atoms with E-state index < -0.39 is 5.82 Å². The third kappa shape index (κ3) is 1.52. The lowest BCUT2D eigenvalue weighted by molar-refractivity contribution is 0.614. The highest BCUT2D eigenvalue weighted by Gasteiger charge is 2.32. The van der Waals surface area contributed by atoms with Crippen molar-refractivity contribution < 1.29 is 4.39 Å². The zero-order chi connectivity index (χ0) is 8.55. The summed E-state index contributed by atoms with van der Waals surface area (Å²) >= 11 is 0. The Morgan fingerprint density at radius 3 is 2.58 bits per heavy atom. The minimum atomic E-state index is -0.399. The standard InChI is InChI=1S/C8H10FN3/c1-5-2-7(5)12-8-10-3-6(9)4-11-8/h3-5,7H,2H2,1H3,(H,10,11,12)/t5-,7-/m1/s1. The Morgan fingerprint density at radius 1 is 1.50 bits per heavy atom. The molecule has 12 heavy (non-hydrogen) atoms. The second-order valence-electron chi connectivity index (χ2n) is 3.19. The van der Waals surface area contributed by atoms with Gasteiger partial charge in [0.1, 0.15) is 0 Å². The Morgan fingerprint density at radius 2 is 2.08 bits per heavy atom. The summed E-state index contributed by atoms with van der Waals surface area (Å²) in [6.45, 7) is 2.15. The predicted molar refractivity (Wildman–Crippen MR) is 43.2 cm³/mol. The van der Waals surface area contributed by atoms with Gasteiger partial charge in [0.25, 0.3) is 0 Å². The van der Waals surface area contributed by atoms with Crippen LogP contribution in [0.2, 0.25) is 0 Å². The summed E-state index contributed by atoms with van der Waals surface area (Å²) in [5.41, 5.74) is 0. The maximum atomic E-state index is 12.4. The van der Waals surface area contributed by atoms with Gasteiger partial charge in [-0.15, -0.1) is 0 Å². The van der Waals surface area contributed by atoms with Crippen LogP contribution < -0.4 is 5.32 Å². The molecule has 1 saturated carbocycles. The highest BCUT2D eigenvalue weighted by molar-refractivity contribution is 5.27. The normalized spacial score (nSPS) is 26.8. The third-order valence-corrected chi connectivity index (χ3v) is 2.04. The fraction of sp³-hybridized carbons (Fsp3) is 0.500. The van der Waals surface area contributed by atoms with Crippen LogP contribution in [-0.2, 0) is 0 Å². The molecule has 0 spiro atoms. The van der Waals surface area contributed by atoms with Gasteiger partial charge < -0.3 is 5.32 Å². The quantitative estimate of drug-likeness (QED) is 0.724. The summed E-state index contributed by atoms with van der Waals surface area (Å²) in [5.74, 6) is 0.814. The first kappa shape index (κ1) is 7.46. The van der Waals surface area contributed by atoms with Crippen LogP contribution in [0.3, 0.4) is 0 Å². The number of hydrogen-bond acceptors (Lipinski definition) is 3. The van der Waals surface area contributed by atoms with Crippen LogP contribution in [0.15, 0.2) is 12.4 Å². The van der Waals surface area contributed by atoms with Crippen LogP contribution in [0.25, 0.3) is 0 Å². The second-order valence-corrected chi connectivity index (χ2v) is 3.19. The average molecular weight is 167 g/mol. The average Bonchev–Trinajstić information content (AvgIpc) is 2.72. The van der Waals surface area contributed by atoms with Crippen LogP contribution in [-0.4, -0.2) is 16.0 Å². The lowest BCUT2D eigenvalue weighted by Gasteiger charge is -2.00. The van der Waals surface area contributed by atoms with Gasteiger partial charge in [-0.2, -0.15) is 0 Å². The maximum absolute atomic E-state index is 12.4. The Balaban J connectivity index is 2.00. The molecule has 2 rings (SSSR count). The summed E-state index contributed by atoms with van der Waals surface area (Å²) in [6, 6.07) is 0.482. The Labute approximate surface area is 70.0 Å². The topological polar surface area (TPSA) is 37.8 Å². The minimum absolute atomic E-state index is 0.399. The number of anilines is 1. The smallest absolute Gasteiger partial charge is 0.223 e. The lowest BCUT2D eigenvalue weighted by atomic mass is 10.5. The summed E-state index contributed by atoms with van der Waals surface area (Å²) in [7, 11) is 0. The van der Waals surface area contributed by atoms with Crippen molar-refractivity contribution in [1.29, 1.82) is 0 Å². The number of rotatable bonds is 2. The van der Waals surface area contributed by atoms with Crippen molar-refractivity contribution in [2.75, 3.05) is 5.32 Å². The molecule has 1 N–H and O–H groups in total. The van der Waals surface area contributed by atoms with E-state index in [2.05, 4.69) is 22.2 Å². The van der Waals surface area contributed by atoms with Crippen molar-refractivity contribution in [3.63, 3.8) is 0 Å². The molecule has 1 heterocycles. The van der Waals surface area contributed by atoms with Gasteiger partial charge in [-0.3, -0.25) is 0 Å². The van der Waals surface area contributed by atoms with E-state index in [1.807, 2.05) is 0 Å². The molecule has 2 atom stereocenters. The highest BCUT2D eigenvalue weighted by atomic mass is 19.1. The van der Waals surface area contributed by atoms with Gasteiger partial charge in [-0.05, 0) is 12.3 Å². The molecule has 64 valence electrons. The molecule has 1 aliphatic carbocycles. The van der Waals surface area contributed by atoms with Crippen molar-refractivity contribution in [3.8, 4) is 0 Å². The second kappa shape index (κ2) is 2.69. The molecular weight excluding hydrogens is 157 g/mol. The molecule has 1 fully saturated rings. The van der Waals surface area contributed by atoms with Crippen molar-refractivity contribution >= 4 is 5.95 Å². The van der Waals surface area contributed by atoms with Gasteiger partial charge in [-0.1, -0.05) is 6.92 Å². The Kier molecular flexibility index (Phi) is 1.67. The van der Waals surface area contributed by atoms with Gasteiger partial charge in [0.15, 0.2) is 5.82 Å². The summed E-state index contributed by atoms with van der Waals surface area (Å²) in [5, 5.41) is 3.10. The van der Waals surface area contributed by atoms with Gasteiger partial charge in [0.2, 0.25) is 5.95 Å². The van der Waals surface area contributed by atoms with Crippen molar-refractivity contribution in [2.24, 2.45) is 5.92 Å². The fourth-order valence-electron chi connectivity index (χ4n) is 1.08. The molecule has 1 aromatic rings. The molecule has 1 aromatic heterocycles. The van der Waals surface area contributed by atoms with E-state index in [0.29, 0.717) is 17.9 Å². The number of hydrogen-bond donors (Lipinski definition) is 1. The Bertz CT molecular complexity index is 272. The van der Waals surface area contributed by atoms with Crippen LogP contribution >= 0.6 is 0 Å². The minimum Gasteiger partial charge on any atom is -0.351 e. The molecule has 0 bridgehead atoms. The summed E-state index contributed by atoms with van der Waals surface area (Å²) in [4.78, 5) is 7.59. The molecule has 0 unspecified atom stereocenters. The van der Waals surface area contributed by atoms with E-state index in [9.17, 15) is 4.39 Å². The van der Waals surface area contributed by atoms with E-state index in [4.69, 9.17) is 0 Å². The van der Waals surface area contributed by atoms with Crippen LogP contribution in [0.4, 0.5) is 10.3 Å². The van der Waals surface area contributed by atoms with Crippen molar-refractivity contribution in [1.82, 2.24) is 9.97 Å². The first-order chi connectivity index (χ1) is 5.75. The van der Waals surface area contributed by atoms with Gasteiger partial charge in [0.05, 0.1) is 12.4 Å². The van der Waals surface area contributed by atoms with Gasteiger partial charge in [0, 0.05) is 6.04 Å². The molecular formula is C8H10FN3. The highest BCUT2D eigenvalue weighted by Crippen LogP contribution is 2.31. The summed E-state index contributed by atoms with van der Waals surface area (Å²) in [6.07, 6.45) is 3.49. The first-order valence-electron chi connectivity index (χ1n) is 4.00. The number of aromatic nitrogens is 2. The van der Waals surface area contributed by atoms with Gasteiger partial charge >= 0.3 is 0 Å². The maximum Gasteiger partial charge on any atom is 0.223 e. The van der Waals surface area contributed by atoms with Crippen molar-refractivity contribution in [3.05, 3.63) is 18.2 Å². The Hall–Kier alpha value is -1.19. The van der Waals surface area contributed by atoms with E-state index in [1.165, 1.54) is 12.4 Å². The van der Waals surface area contributed by atoms with E-state index in [1.54, 1.807) is 0 Å². The van der Waals surface area contributed by atoms with E-state index >= 15 is 0 Å². The SMILES string of the molecule is C[C@@H]1C[C@H]1Nc1ncc(F)cn1. The number of nitrogens with one attached hydrogen (secondary N) is 1. The largest absolute Gasteiger partial charge is 0.351 e. The molecule has 0 amide bonds. The predicted octanol–water partition coefficient (Wildman–Crippen LogP) is 1.44. The molecule has 4 heteroatoms. The van der Waals surface area contributed by atoms with Crippen LogP contribution in [0.5, 0.6) is 0 Å². The van der Waals surface area contributed by atoms with Crippen LogP contribution in [0, 0.1) is 11.7 Å². The fourth-order valence-corrected chi connectivity index (χ4v) is 1.08. The molecule has 3 nitrogen and oxygen atoms in total. The first-order valence-corrected chi connectivity index (χ1v) is 4.00. The molecule has 0 aromatic carbocycles. The molecule has 0 aliphatic heterocycles. The monoisotopic (exact) mass is 167 g/mol. The van der Waals surface area contributed by atoms with E-state index in [-0.39, 0.29) is 0 Å². The number of nitrogens with zero attached hydrogens (tertiary/aromatic N) is 2. The summed E-state index contributed by atoms with van der Waals surface area (Å²) < 4.78 is 12.4. The van der Waals surface area contributed by atoms with Crippen LogP contribution in [0.1, 0.15) is 13.3 Å². The zero-order valence-corrected chi connectivity index (χ0v) is 6.79. The molecule has 0 saturated heterocycles. The molecule has 1 aliphatic rings. The third-order valence-electron chi connectivity index (χ3n) is 2.04. The lowest BCUT2D eigenvalue weighted by Crippen LogP contribution is -2.06. The van der Waals surface area contributed by atoms with Gasteiger partial charge in [-0.25, -0.2) is 14.4 Å². The number of halogens is 1. The molecule has 0 radical (unpaired) electrons. The van der Waals surface area contributed by atoms with Crippen molar-refractivity contribution in [2.45, 2.75) is 19.4 Å². The van der Waals surface area contributed by atoms with E-state index in [0.717, 1.165) is 6.42 Å². The zero-order valence-electron chi connectivity index (χ0n) is 6.79.